The Morgan fingerprint density at radius 2 is 1.16 bits per heavy atom. The summed E-state index contributed by atoms with van der Waals surface area (Å²) in [5, 5.41) is 0. The van der Waals surface area contributed by atoms with Crippen molar-refractivity contribution in [2.45, 2.75) is 56.0 Å². The van der Waals surface area contributed by atoms with Crippen LogP contribution >= 0.6 is 0 Å². The van der Waals surface area contributed by atoms with Crippen LogP contribution in [0.2, 0.25) is 0 Å². The summed E-state index contributed by atoms with van der Waals surface area (Å²) in [6.45, 7) is 0. The van der Waals surface area contributed by atoms with E-state index in [-0.39, 0.29) is 6.10 Å². The molecule has 1 spiro atoms. The van der Waals surface area contributed by atoms with Gasteiger partial charge in [-0.3, -0.25) is 0 Å². The number of ether oxygens (including phenoxy) is 1. The van der Waals surface area contributed by atoms with Crippen molar-refractivity contribution in [2.75, 3.05) is 0 Å². The van der Waals surface area contributed by atoms with Crippen molar-refractivity contribution in [3.05, 3.63) is 233 Å². The molecule has 4 nitrogen and oxygen atoms in total. The first-order valence-electron chi connectivity index (χ1n) is 22.2. The maximum absolute atomic E-state index is 6.86. The largest absolute Gasteiger partial charge is 0.485 e. The van der Waals surface area contributed by atoms with Gasteiger partial charge in [0.2, 0.25) is 0 Å². The maximum atomic E-state index is 6.86. The second-order valence-electron chi connectivity index (χ2n) is 17.2. The summed E-state index contributed by atoms with van der Waals surface area (Å²) in [7, 11) is 0. The van der Waals surface area contributed by atoms with Gasteiger partial charge in [-0.2, -0.15) is 0 Å². The molecule has 5 aliphatic rings. The van der Waals surface area contributed by atoms with Crippen molar-refractivity contribution in [1.82, 2.24) is 15.0 Å². The van der Waals surface area contributed by atoms with E-state index in [9.17, 15) is 0 Å². The monoisotopic (exact) mass is 799 g/mol. The Morgan fingerprint density at radius 1 is 0.500 bits per heavy atom. The van der Waals surface area contributed by atoms with Gasteiger partial charge < -0.3 is 4.74 Å². The molecule has 2 heterocycles. The lowest BCUT2D eigenvalue weighted by molar-refractivity contribution is 0.205. The van der Waals surface area contributed by atoms with Gasteiger partial charge in [-0.15, -0.1) is 0 Å². The summed E-state index contributed by atoms with van der Waals surface area (Å²) in [6.07, 6.45) is 19.4. The third-order valence-corrected chi connectivity index (χ3v) is 13.7. The minimum absolute atomic E-state index is 0.0125. The highest BCUT2D eigenvalue weighted by atomic mass is 16.5. The fourth-order valence-electron chi connectivity index (χ4n) is 10.8. The zero-order valence-corrected chi connectivity index (χ0v) is 34.5. The van der Waals surface area contributed by atoms with Gasteiger partial charge in [0.1, 0.15) is 11.9 Å². The van der Waals surface area contributed by atoms with Crippen molar-refractivity contribution < 1.29 is 4.74 Å². The Bertz CT molecular complexity index is 3020. The van der Waals surface area contributed by atoms with E-state index in [2.05, 4.69) is 188 Å². The van der Waals surface area contributed by atoms with Crippen LogP contribution in [0.3, 0.4) is 0 Å². The molecule has 12 rings (SSSR count). The molecule has 4 aliphatic carbocycles. The normalized spacial score (nSPS) is 19.2. The number of allylic oxidation sites excluding steroid dienone is 8. The van der Waals surface area contributed by atoms with Crippen molar-refractivity contribution in [3.63, 3.8) is 0 Å². The first-order chi connectivity index (χ1) is 30.7. The number of nitrogens with zero attached hydrogens (tertiary/aromatic N) is 3. The number of aromatic nitrogens is 3. The van der Waals surface area contributed by atoms with Crippen molar-refractivity contribution in [3.8, 4) is 39.4 Å². The Kier molecular flexibility index (Phi) is 8.91. The average Bonchev–Trinajstić information content (AvgIpc) is 3.65. The van der Waals surface area contributed by atoms with Crippen molar-refractivity contribution in [1.29, 1.82) is 0 Å². The van der Waals surface area contributed by atoms with Gasteiger partial charge in [-0.05, 0) is 117 Å². The molecule has 0 bridgehead atoms. The van der Waals surface area contributed by atoms with E-state index in [4.69, 9.17) is 19.7 Å². The minimum Gasteiger partial charge on any atom is -0.485 e. The molecule has 0 saturated heterocycles. The highest BCUT2D eigenvalue weighted by molar-refractivity contribution is 5.88. The molecule has 298 valence electrons. The van der Waals surface area contributed by atoms with E-state index in [1.165, 1.54) is 61.2 Å². The SMILES string of the molecule is C1=CCC2Oc3ccc(C4=CC=C(c5nc(C6=CC(c7ccccc7)CCC6)nc(-c6cccc(-c7ccccc7)c6)n5)CC4)cc3C3(C2=C1)c1ccccc1-c1ccccc13. The van der Waals surface area contributed by atoms with Gasteiger partial charge in [0.05, 0.1) is 5.41 Å². The number of fused-ring (bicyclic) bond motifs is 9. The molecular formula is C58H45N3O. The number of benzene rings is 6. The fourth-order valence-corrected chi connectivity index (χ4v) is 10.8. The van der Waals surface area contributed by atoms with Crippen LogP contribution in [-0.4, -0.2) is 21.1 Å². The Balaban J connectivity index is 0.956. The molecule has 2 atom stereocenters. The van der Waals surface area contributed by atoms with Crippen LogP contribution in [0.25, 0.3) is 50.4 Å². The predicted octanol–water partition coefficient (Wildman–Crippen LogP) is 13.8. The molecule has 1 aromatic heterocycles. The molecule has 6 aromatic carbocycles. The van der Waals surface area contributed by atoms with Gasteiger partial charge >= 0.3 is 0 Å². The number of hydrogen-bond acceptors (Lipinski definition) is 4. The highest BCUT2D eigenvalue weighted by Crippen LogP contribution is 2.61. The highest BCUT2D eigenvalue weighted by Gasteiger charge is 2.53. The lowest BCUT2D eigenvalue weighted by atomic mass is 9.63. The van der Waals surface area contributed by atoms with Crippen LogP contribution in [0.15, 0.2) is 194 Å². The van der Waals surface area contributed by atoms with E-state index in [0.29, 0.717) is 11.7 Å². The average molecular weight is 800 g/mol. The van der Waals surface area contributed by atoms with E-state index >= 15 is 0 Å². The molecular weight excluding hydrogens is 755 g/mol. The number of hydrogen-bond donors (Lipinski definition) is 0. The molecule has 4 heteroatoms. The van der Waals surface area contributed by atoms with Crippen LogP contribution in [0.5, 0.6) is 5.75 Å². The van der Waals surface area contributed by atoms with Crippen LogP contribution in [0.1, 0.15) is 83.9 Å². The molecule has 0 fully saturated rings. The topological polar surface area (TPSA) is 47.9 Å². The summed E-state index contributed by atoms with van der Waals surface area (Å²) in [6, 6.07) is 54.9. The van der Waals surface area contributed by atoms with Crippen LogP contribution < -0.4 is 4.74 Å². The van der Waals surface area contributed by atoms with Crippen LogP contribution in [0, 0.1) is 0 Å². The van der Waals surface area contributed by atoms with Gasteiger partial charge in [0.25, 0.3) is 0 Å². The molecule has 0 saturated carbocycles. The minimum atomic E-state index is -0.425. The van der Waals surface area contributed by atoms with Crippen molar-refractivity contribution >= 4 is 16.7 Å². The summed E-state index contributed by atoms with van der Waals surface area (Å²) < 4.78 is 6.86. The van der Waals surface area contributed by atoms with E-state index in [0.717, 1.165) is 72.6 Å². The molecule has 1 aliphatic heterocycles. The molecule has 62 heavy (non-hydrogen) atoms. The van der Waals surface area contributed by atoms with Crippen molar-refractivity contribution in [2.24, 2.45) is 0 Å². The predicted molar refractivity (Wildman–Crippen MR) is 251 cm³/mol. The quantitative estimate of drug-likeness (QED) is 0.168. The summed E-state index contributed by atoms with van der Waals surface area (Å²) in [5.74, 6) is 3.57. The molecule has 7 aromatic rings. The van der Waals surface area contributed by atoms with Crippen LogP contribution in [0.4, 0.5) is 0 Å². The number of rotatable bonds is 6. The smallest absolute Gasteiger partial charge is 0.164 e. The summed E-state index contributed by atoms with van der Waals surface area (Å²) in [4.78, 5) is 15.8. The molecule has 2 unspecified atom stereocenters. The van der Waals surface area contributed by atoms with Gasteiger partial charge in [0.15, 0.2) is 17.5 Å². The molecule has 0 radical (unpaired) electrons. The molecule has 0 N–H and O–H groups in total. The summed E-state index contributed by atoms with van der Waals surface area (Å²) in [5.41, 5.74) is 16.9. The Hall–Kier alpha value is -7.17. The van der Waals surface area contributed by atoms with E-state index in [1.54, 1.807) is 0 Å². The summed E-state index contributed by atoms with van der Waals surface area (Å²) >= 11 is 0. The molecule has 0 amide bonds. The third kappa shape index (κ3) is 6.08. The van der Waals surface area contributed by atoms with Gasteiger partial charge in [-0.25, -0.2) is 15.0 Å². The van der Waals surface area contributed by atoms with E-state index in [1.807, 2.05) is 0 Å². The lowest BCUT2D eigenvalue weighted by Crippen LogP contribution is -2.42. The fraction of sp³-hybridized carbons (Fsp3) is 0.155. The van der Waals surface area contributed by atoms with E-state index < -0.39 is 5.41 Å². The zero-order valence-electron chi connectivity index (χ0n) is 34.5. The first-order valence-corrected chi connectivity index (χ1v) is 22.2. The zero-order chi connectivity index (χ0) is 41.0. The standard InChI is InChI=1S/C58H45N3O/c1-3-15-38(16-4-1)42-19-13-21-45(35-42)56-59-55(60-57(61-56)46-22-14-20-43(36-46)39-17-5-2-6-18-39)41-31-29-40(30-32-41)44-33-34-54-52(37-44)58(51-27-11-12-28-53(51)62-54)49-25-9-7-23-47(49)48-24-8-10-26-50(48)58/h1-13,15-19,21,23-27,29,31,33-37,43,53H,14,20,22,28,30,32H2. The van der Waals surface area contributed by atoms with Gasteiger partial charge in [0, 0.05) is 23.5 Å². The maximum Gasteiger partial charge on any atom is 0.164 e. The first kappa shape index (κ1) is 36.7. The lowest BCUT2D eigenvalue weighted by Gasteiger charge is -2.45. The van der Waals surface area contributed by atoms with Crippen LogP contribution in [-0.2, 0) is 5.41 Å². The van der Waals surface area contributed by atoms with Gasteiger partial charge in [-0.1, -0.05) is 170 Å². The second-order valence-corrected chi connectivity index (χ2v) is 17.2. The second kappa shape index (κ2) is 15.1. The Morgan fingerprint density at radius 3 is 1.94 bits per heavy atom. The Labute approximate surface area is 363 Å². The third-order valence-electron chi connectivity index (χ3n) is 13.7.